The van der Waals surface area contributed by atoms with Crippen LogP contribution >= 0.6 is 0 Å². The summed E-state index contributed by atoms with van der Waals surface area (Å²) in [7, 11) is 2.45. The fraction of sp³-hybridized carbons (Fsp3) is 0.933. The third-order valence-electron chi connectivity index (χ3n) is 5.90. The first-order valence-electron chi connectivity index (χ1n) is 7.81. The summed E-state index contributed by atoms with van der Waals surface area (Å²) >= 11 is 0. The number of hydrogen-bond acceptors (Lipinski definition) is 2. The lowest BCUT2D eigenvalue weighted by Crippen LogP contribution is -2.61. The molecule has 0 unspecified atom stereocenters. The molecule has 0 aromatic rings. The molecule has 1 saturated heterocycles. The summed E-state index contributed by atoms with van der Waals surface area (Å²) < 4.78 is 1.25. The quantitative estimate of drug-likeness (QED) is 0.434. The van der Waals surface area contributed by atoms with E-state index in [-0.39, 0.29) is 0 Å². The van der Waals surface area contributed by atoms with E-state index in [9.17, 15) is 5.21 Å². The fourth-order valence-electron chi connectivity index (χ4n) is 4.91. The zero-order valence-corrected chi connectivity index (χ0v) is 11.6. The van der Waals surface area contributed by atoms with Crippen LogP contribution in [0.5, 0.6) is 0 Å². The topological polar surface area (TPSA) is 32.6 Å². The second kappa shape index (κ2) is 4.84. The molecule has 1 aliphatic heterocycles. The SMILES string of the molecule is C[N+]1([C@@H]2CC[C@@H]3CCC[C@@H]2C3=NO)CCCCC1. The molecule has 0 radical (unpaired) electrons. The minimum Gasteiger partial charge on any atom is -0.411 e. The molecule has 0 aromatic carbocycles. The van der Waals surface area contributed by atoms with Crippen LogP contribution in [0.1, 0.15) is 51.4 Å². The molecule has 3 fully saturated rings. The number of quaternary nitrogens is 1. The van der Waals surface area contributed by atoms with Crippen molar-refractivity contribution >= 4 is 5.71 Å². The Labute approximate surface area is 110 Å². The van der Waals surface area contributed by atoms with Crippen LogP contribution in [0.15, 0.2) is 5.16 Å². The highest BCUT2D eigenvalue weighted by atomic mass is 16.4. The predicted molar refractivity (Wildman–Crippen MR) is 72.8 cm³/mol. The molecule has 2 aliphatic carbocycles. The van der Waals surface area contributed by atoms with Crippen LogP contribution < -0.4 is 0 Å². The molecule has 1 N–H and O–H groups in total. The number of piperidine rings is 1. The summed E-state index contributed by atoms with van der Waals surface area (Å²) in [6, 6.07) is 0.729. The van der Waals surface area contributed by atoms with Crippen molar-refractivity contribution in [2.45, 2.75) is 57.4 Å². The first-order chi connectivity index (χ1) is 8.74. The molecule has 0 spiro atoms. The van der Waals surface area contributed by atoms with Gasteiger partial charge in [-0.2, -0.15) is 0 Å². The molecule has 18 heavy (non-hydrogen) atoms. The van der Waals surface area contributed by atoms with Crippen molar-refractivity contribution < 1.29 is 9.69 Å². The number of oxime groups is 1. The lowest BCUT2D eigenvalue weighted by atomic mass is 9.67. The van der Waals surface area contributed by atoms with Gasteiger partial charge >= 0.3 is 0 Å². The van der Waals surface area contributed by atoms with Crippen LogP contribution in [-0.2, 0) is 0 Å². The van der Waals surface area contributed by atoms with Crippen molar-refractivity contribution in [3.8, 4) is 0 Å². The maximum Gasteiger partial charge on any atom is 0.0971 e. The van der Waals surface area contributed by atoms with E-state index in [0.717, 1.165) is 11.8 Å². The molecular formula is C15H27N2O+. The number of likely N-dealkylation sites (tertiary alicyclic amines) is 1. The second-order valence-electron chi connectivity index (χ2n) is 6.89. The summed E-state index contributed by atoms with van der Waals surface area (Å²) in [5, 5.41) is 13.1. The van der Waals surface area contributed by atoms with Crippen LogP contribution in [0.3, 0.4) is 0 Å². The Balaban J connectivity index is 1.83. The van der Waals surface area contributed by atoms with Crippen molar-refractivity contribution in [3.05, 3.63) is 0 Å². The van der Waals surface area contributed by atoms with E-state index in [1.165, 1.54) is 68.9 Å². The Morgan fingerprint density at radius 3 is 2.50 bits per heavy atom. The van der Waals surface area contributed by atoms with E-state index in [1.807, 2.05) is 0 Å². The molecule has 0 amide bonds. The normalized spacial score (nSPS) is 41.8. The Hall–Kier alpha value is -0.570. The Kier molecular flexibility index (Phi) is 3.35. The lowest BCUT2D eigenvalue weighted by Gasteiger charge is -2.51. The smallest absolute Gasteiger partial charge is 0.0971 e. The summed E-state index contributed by atoms with van der Waals surface area (Å²) in [6.45, 7) is 2.68. The van der Waals surface area contributed by atoms with E-state index >= 15 is 0 Å². The first-order valence-corrected chi connectivity index (χ1v) is 7.81. The number of hydrogen-bond donors (Lipinski definition) is 1. The average molecular weight is 251 g/mol. The molecule has 2 saturated carbocycles. The van der Waals surface area contributed by atoms with Gasteiger partial charge in [-0.25, -0.2) is 0 Å². The van der Waals surface area contributed by atoms with E-state index in [1.54, 1.807) is 0 Å². The van der Waals surface area contributed by atoms with Gasteiger partial charge in [0.25, 0.3) is 0 Å². The number of nitrogens with zero attached hydrogens (tertiary/aromatic N) is 2. The van der Waals surface area contributed by atoms with E-state index < -0.39 is 0 Å². The highest BCUT2D eigenvalue weighted by Gasteiger charge is 2.48. The van der Waals surface area contributed by atoms with Crippen molar-refractivity contribution in [3.63, 3.8) is 0 Å². The summed E-state index contributed by atoms with van der Waals surface area (Å²) in [6.07, 6.45) is 10.6. The predicted octanol–water partition coefficient (Wildman–Crippen LogP) is 3.03. The molecule has 1 heterocycles. The standard InChI is InChI=1S/C15H26N2O/c1-17(10-3-2-4-11-17)14-9-8-12-6-5-7-13(14)15(12)16-18/h12-14H,2-11H2,1H3/p+1/t12-,13-,14+/m0/s1. The maximum absolute atomic E-state index is 9.38. The minimum atomic E-state index is 0.575. The largest absolute Gasteiger partial charge is 0.411 e. The van der Waals surface area contributed by atoms with Crippen molar-refractivity contribution in [2.24, 2.45) is 17.0 Å². The maximum atomic E-state index is 9.38. The minimum absolute atomic E-state index is 0.575. The van der Waals surface area contributed by atoms with Gasteiger partial charge in [0.05, 0.1) is 37.8 Å². The molecule has 3 heteroatoms. The molecular weight excluding hydrogens is 224 g/mol. The van der Waals surface area contributed by atoms with Gasteiger partial charge in [-0.3, -0.25) is 0 Å². The van der Waals surface area contributed by atoms with Crippen molar-refractivity contribution in [2.75, 3.05) is 20.1 Å². The van der Waals surface area contributed by atoms with Gasteiger partial charge in [0.15, 0.2) is 0 Å². The average Bonchev–Trinajstić information content (AvgIpc) is 2.38. The monoisotopic (exact) mass is 251 g/mol. The summed E-state index contributed by atoms with van der Waals surface area (Å²) in [5.74, 6) is 1.17. The highest BCUT2D eigenvalue weighted by Crippen LogP contribution is 2.42. The first kappa shape index (κ1) is 12.5. The third-order valence-corrected chi connectivity index (χ3v) is 5.90. The zero-order valence-electron chi connectivity index (χ0n) is 11.6. The molecule has 2 bridgehead atoms. The van der Waals surface area contributed by atoms with Crippen LogP contribution in [0.25, 0.3) is 0 Å². The van der Waals surface area contributed by atoms with Crippen LogP contribution in [0, 0.1) is 11.8 Å². The van der Waals surface area contributed by atoms with E-state index in [0.29, 0.717) is 11.8 Å². The third kappa shape index (κ3) is 1.97. The summed E-state index contributed by atoms with van der Waals surface area (Å²) in [5.41, 5.74) is 1.16. The lowest BCUT2D eigenvalue weighted by molar-refractivity contribution is -0.941. The van der Waals surface area contributed by atoms with Crippen LogP contribution in [0.4, 0.5) is 0 Å². The molecule has 102 valence electrons. The van der Waals surface area contributed by atoms with Gasteiger partial charge < -0.3 is 9.69 Å². The van der Waals surface area contributed by atoms with Gasteiger partial charge in [-0.05, 0) is 38.5 Å². The van der Waals surface area contributed by atoms with Gasteiger partial charge in [-0.1, -0.05) is 11.6 Å². The Bertz CT molecular complexity index is 333. The van der Waals surface area contributed by atoms with E-state index in [2.05, 4.69) is 12.2 Å². The Morgan fingerprint density at radius 2 is 1.78 bits per heavy atom. The highest BCUT2D eigenvalue weighted by molar-refractivity contribution is 5.90. The zero-order chi connectivity index (χ0) is 12.6. The molecule has 0 aromatic heterocycles. The molecule has 3 atom stereocenters. The Morgan fingerprint density at radius 1 is 1.00 bits per heavy atom. The van der Waals surface area contributed by atoms with Crippen LogP contribution in [-0.4, -0.2) is 41.6 Å². The number of fused-ring (bicyclic) bond motifs is 2. The van der Waals surface area contributed by atoms with Crippen molar-refractivity contribution in [1.82, 2.24) is 0 Å². The van der Waals surface area contributed by atoms with E-state index in [4.69, 9.17) is 0 Å². The fourth-order valence-corrected chi connectivity index (χ4v) is 4.91. The summed E-state index contributed by atoms with van der Waals surface area (Å²) in [4.78, 5) is 0. The van der Waals surface area contributed by atoms with Crippen LogP contribution in [0.2, 0.25) is 0 Å². The molecule has 3 rings (SSSR count). The molecule has 3 nitrogen and oxygen atoms in total. The van der Waals surface area contributed by atoms with Gasteiger partial charge in [0, 0.05) is 12.3 Å². The van der Waals surface area contributed by atoms with Crippen molar-refractivity contribution in [1.29, 1.82) is 0 Å². The van der Waals surface area contributed by atoms with Gasteiger partial charge in [0.1, 0.15) is 0 Å². The van der Waals surface area contributed by atoms with Gasteiger partial charge in [0.2, 0.25) is 0 Å². The number of rotatable bonds is 1. The van der Waals surface area contributed by atoms with Gasteiger partial charge in [-0.15, -0.1) is 0 Å². The molecule has 3 aliphatic rings. The second-order valence-corrected chi connectivity index (χ2v) is 6.89.